The fourth-order valence-electron chi connectivity index (χ4n) is 4.19. The third-order valence-corrected chi connectivity index (χ3v) is 6.74. The predicted octanol–water partition coefficient (Wildman–Crippen LogP) is 4.88. The molecule has 0 spiro atoms. The predicted molar refractivity (Wildman–Crippen MR) is 132 cm³/mol. The molecule has 0 unspecified atom stereocenters. The van der Waals surface area contributed by atoms with Gasteiger partial charge >= 0.3 is 0 Å². The first-order valence-corrected chi connectivity index (χ1v) is 12.3. The summed E-state index contributed by atoms with van der Waals surface area (Å²) in [4.78, 5) is 28.0. The van der Waals surface area contributed by atoms with Crippen LogP contribution >= 0.6 is 15.9 Å². The highest BCUT2D eigenvalue weighted by Crippen LogP contribution is 2.28. The fourth-order valence-corrected chi connectivity index (χ4v) is 4.46. The summed E-state index contributed by atoms with van der Waals surface area (Å²) in [6.45, 7) is 2.20. The normalized spacial score (nSPS) is 14.5. The minimum Gasteiger partial charge on any atom is -0.493 e. The summed E-state index contributed by atoms with van der Waals surface area (Å²) in [6.07, 6.45) is 5.16. The van der Waals surface area contributed by atoms with Gasteiger partial charge in [0.15, 0.2) is 11.5 Å². The molecule has 1 fully saturated rings. The highest BCUT2D eigenvalue weighted by Gasteiger charge is 2.28. The molecule has 2 aromatic rings. The number of benzene rings is 2. The van der Waals surface area contributed by atoms with Crippen molar-refractivity contribution in [2.75, 3.05) is 14.2 Å². The molecule has 0 aliphatic heterocycles. The second-order valence-electron chi connectivity index (χ2n) is 8.50. The minimum atomic E-state index is -0.549. The zero-order chi connectivity index (χ0) is 23.8. The Morgan fingerprint density at radius 3 is 2.30 bits per heavy atom. The second-order valence-corrected chi connectivity index (χ2v) is 9.42. The van der Waals surface area contributed by atoms with E-state index in [4.69, 9.17) is 9.47 Å². The summed E-state index contributed by atoms with van der Waals surface area (Å²) in [7, 11) is 3.19. The quantitative estimate of drug-likeness (QED) is 0.488. The van der Waals surface area contributed by atoms with Crippen LogP contribution < -0.4 is 14.8 Å². The molecule has 2 amide bonds. The SMILES string of the molecule is COc1ccc(CCC(=O)N(Cc2ccc(Br)cc2)[C@@H](C)C(=O)NC2CCCC2)cc1OC. The molecule has 3 rings (SSSR count). The molecule has 2 aromatic carbocycles. The molecule has 1 N–H and O–H groups in total. The van der Waals surface area contributed by atoms with E-state index in [0.29, 0.717) is 30.9 Å². The van der Waals surface area contributed by atoms with Crippen LogP contribution in [-0.2, 0) is 22.6 Å². The number of rotatable bonds is 10. The van der Waals surface area contributed by atoms with Crippen LogP contribution in [0.4, 0.5) is 0 Å². The Morgan fingerprint density at radius 1 is 1.03 bits per heavy atom. The van der Waals surface area contributed by atoms with Gasteiger partial charge in [-0.1, -0.05) is 47.0 Å². The minimum absolute atomic E-state index is 0.0539. The van der Waals surface area contributed by atoms with E-state index in [-0.39, 0.29) is 17.9 Å². The van der Waals surface area contributed by atoms with Gasteiger partial charge < -0.3 is 19.7 Å². The van der Waals surface area contributed by atoms with Crippen molar-refractivity contribution in [1.82, 2.24) is 10.2 Å². The van der Waals surface area contributed by atoms with Crippen molar-refractivity contribution in [3.8, 4) is 11.5 Å². The van der Waals surface area contributed by atoms with Crippen LogP contribution in [0, 0.1) is 0 Å². The fraction of sp³-hybridized carbons (Fsp3) is 0.462. The largest absolute Gasteiger partial charge is 0.493 e. The van der Waals surface area contributed by atoms with E-state index in [9.17, 15) is 9.59 Å². The standard InChI is InChI=1S/C26H33BrN2O4/c1-18(26(31)28-22-6-4-5-7-22)29(17-20-8-12-21(27)13-9-20)25(30)15-11-19-10-14-23(32-2)24(16-19)33-3/h8-10,12-14,16,18,22H,4-7,11,15,17H2,1-3H3,(H,28,31)/t18-/m0/s1. The van der Waals surface area contributed by atoms with Gasteiger partial charge in [0.1, 0.15) is 6.04 Å². The highest BCUT2D eigenvalue weighted by molar-refractivity contribution is 9.10. The zero-order valence-electron chi connectivity index (χ0n) is 19.6. The third kappa shape index (κ3) is 6.97. The lowest BCUT2D eigenvalue weighted by atomic mass is 10.1. The molecule has 6 nitrogen and oxygen atoms in total. The molecular formula is C26H33BrN2O4. The molecule has 178 valence electrons. The molecule has 1 aliphatic rings. The van der Waals surface area contributed by atoms with Crippen molar-refractivity contribution in [3.05, 3.63) is 58.1 Å². The van der Waals surface area contributed by atoms with Gasteiger partial charge in [0.2, 0.25) is 11.8 Å². The van der Waals surface area contributed by atoms with Crippen LogP contribution in [0.3, 0.4) is 0 Å². The number of nitrogens with zero attached hydrogens (tertiary/aromatic N) is 1. The van der Waals surface area contributed by atoms with Gasteiger partial charge in [0.25, 0.3) is 0 Å². The first-order valence-electron chi connectivity index (χ1n) is 11.5. The average Bonchev–Trinajstić information content (AvgIpc) is 3.34. The van der Waals surface area contributed by atoms with Crippen LogP contribution in [0.25, 0.3) is 0 Å². The second kappa shape index (κ2) is 12.1. The summed E-state index contributed by atoms with van der Waals surface area (Å²) >= 11 is 3.45. The van der Waals surface area contributed by atoms with E-state index in [1.54, 1.807) is 19.1 Å². The maximum atomic E-state index is 13.3. The van der Waals surface area contributed by atoms with Crippen LogP contribution in [0.5, 0.6) is 11.5 Å². The Bertz CT molecular complexity index is 942. The number of hydrogen-bond donors (Lipinski definition) is 1. The molecule has 0 aromatic heterocycles. The molecule has 1 aliphatic carbocycles. The van der Waals surface area contributed by atoms with Gasteiger partial charge in [0.05, 0.1) is 14.2 Å². The maximum Gasteiger partial charge on any atom is 0.242 e. The van der Waals surface area contributed by atoms with Crippen LogP contribution in [0.2, 0.25) is 0 Å². The number of amides is 2. The number of carbonyl (C=O) groups is 2. The smallest absolute Gasteiger partial charge is 0.242 e. The summed E-state index contributed by atoms with van der Waals surface area (Å²) in [5.74, 6) is 1.15. The molecule has 7 heteroatoms. The van der Waals surface area contributed by atoms with Crippen LogP contribution in [-0.4, -0.2) is 43.0 Å². The lowest BCUT2D eigenvalue weighted by Crippen LogP contribution is -2.49. The van der Waals surface area contributed by atoms with E-state index >= 15 is 0 Å². The van der Waals surface area contributed by atoms with Crippen molar-refractivity contribution >= 4 is 27.7 Å². The van der Waals surface area contributed by atoms with Crippen molar-refractivity contribution in [2.45, 2.75) is 64.1 Å². The Morgan fingerprint density at radius 2 is 1.67 bits per heavy atom. The topological polar surface area (TPSA) is 67.9 Å². The number of hydrogen-bond acceptors (Lipinski definition) is 4. The van der Waals surface area contributed by atoms with Crippen molar-refractivity contribution < 1.29 is 19.1 Å². The van der Waals surface area contributed by atoms with Gasteiger partial charge in [-0.3, -0.25) is 9.59 Å². The first kappa shape index (κ1) is 25.1. The van der Waals surface area contributed by atoms with E-state index in [1.165, 1.54) is 0 Å². The monoisotopic (exact) mass is 516 g/mol. The Kier molecular flexibility index (Phi) is 9.18. The van der Waals surface area contributed by atoms with Gasteiger partial charge in [-0.05, 0) is 61.6 Å². The highest BCUT2D eigenvalue weighted by atomic mass is 79.9. The number of methoxy groups -OCH3 is 2. The van der Waals surface area contributed by atoms with Crippen LogP contribution in [0.15, 0.2) is 46.9 Å². The third-order valence-electron chi connectivity index (χ3n) is 6.21. The summed E-state index contributed by atoms with van der Waals surface area (Å²) in [6, 6.07) is 13.2. The Balaban J connectivity index is 1.71. The Hall–Kier alpha value is -2.54. The number of nitrogens with one attached hydrogen (secondary N) is 1. The molecule has 33 heavy (non-hydrogen) atoms. The van der Waals surface area contributed by atoms with Gasteiger partial charge in [-0.25, -0.2) is 0 Å². The van der Waals surface area contributed by atoms with Crippen molar-refractivity contribution in [3.63, 3.8) is 0 Å². The molecule has 0 bridgehead atoms. The number of aryl methyl sites for hydroxylation is 1. The van der Waals surface area contributed by atoms with Gasteiger partial charge in [-0.2, -0.15) is 0 Å². The summed E-state index contributed by atoms with van der Waals surface area (Å²) < 4.78 is 11.6. The molecule has 0 radical (unpaired) electrons. The average molecular weight is 517 g/mol. The van der Waals surface area contributed by atoms with E-state index in [0.717, 1.165) is 41.3 Å². The summed E-state index contributed by atoms with van der Waals surface area (Å²) in [5, 5.41) is 3.14. The molecule has 0 heterocycles. The van der Waals surface area contributed by atoms with Crippen molar-refractivity contribution in [2.24, 2.45) is 0 Å². The first-order chi connectivity index (χ1) is 15.9. The molecular weight excluding hydrogens is 484 g/mol. The van der Waals surface area contributed by atoms with Gasteiger partial charge in [-0.15, -0.1) is 0 Å². The zero-order valence-corrected chi connectivity index (χ0v) is 21.2. The molecule has 1 atom stereocenters. The number of carbonyl (C=O) groups excluding carboxylic acids is 2. The molecule has 1 saturated carbocycles. The molecule has 0 saturated heterocycles. The van der Waals surface area contributed by atoms with E-state index < -0.39 is 6.04 Å². The number of ether oxygens (including phenoxy) is 2. The summed E-state index contributed by atoms with van der Waals surface area (Å²) in [5.41, 5.74) is 1.96. The van der Waals surface area contributed by atoms with Crippen molar-refractivity contribution in [1.29, 1.82) is 0 Å². The van der Waals surface area contributed by atoms with E-state index in [2.05, 4.69) is 21.2 Å². The van der Waals surface area contributed by atoms with Crippen LogP contribution in [0.1, 0.15) is 50.2 Å². The Labute approximate surface area is 204 Å². The maximum absolute atomic E-state index is 13.3. The lowest BCUT2D eigenvalue weighted by Gasteiger charge is -2.30. The number of halogens is 1. The van der Waals surface area contributed by atoms with Gasteiger partial charge in [0, 0.05) is 23.5 Å². The lowest BCUT2D eigenvalue weighted by molar-refractivity contribution is -0.140. The van der Waals surface area contributed by atoms with E-state index in [1.807, 2.05) is 49.4 Å².